The van der Waals surface area contributed by atoms with E-state index in [0.717, 1.165) is 28.1 Å². The number of carbonyl (C=O) groups is 1. The fraction of sp³-hybridized carbons (Fsp3) is 0.238. The van der Waals surface area contributed by atoms with Crippen molar-refractivity contribution >= 4 is 35.0 Å². The third-order valence-corrected chi connectivity index (χ3v) is 5.57. The number of hydrogen-bond acceptors (Lipinski definition) is 4. The van der Waals surface area contributed by atoms with Gasteiger partial charge < -0.3 is 9.73 Å². The Morgan fingerprint density at radius 2 is 1.96 bits per heavy atom. The van der Waals surface area contributed by atoms with Gasteiger partial charge in [0.15, 0.2) is 0 Å². The first-order valence-electron chi connectivity index (χ1n) is 8.62. The summed E-state index contributed by atoms with van der Waals surface area (Å²) in [6.07, 6.45) is 1.63. The molecular formula is C21H21ClN2O2S. The molecular weight excluding hydrogens is 380 g/mol. The van der Waals surface area contributed by atoms with E-state index in [2.05, 4.69) is 10.3 Å². The number of aromatic nitrogens is 1. The van der Waals surface area contributed by atoms with Gasteiger partial charge in [0.1, 0.15) is 6.26 Å². The van der Waals surface area contributed by atoms with Crippen molar-refractivity contribution in [2.75, 3.05) is 5.32 Å². The highest BCUT2D eigenvalue weighted by Crippen LogP contribution is 2.25. The second-order valence-electron chi connectivity index (χ2n) is 6.41. The molecule has 0 aliphatic rings. The van der Waals surface area contributed by atoms with Gasteiger partial charge in [0.2, 0.25) is 11.8 Å². The summed E-state index contributed by atoms with van der Waals surface area (Å²) in [7, 11) is 0. The second-order valence-corrected chi connectivity index (χ2v) is 8.18. The van der Waals surface area contributed by atoms with Crippen LogP contribution < -0.4 is 5.32 Å². The number of amides is 1. The van der Waals surface area contributed by atoms with Crippen molar-refractivity contribution in [3.8, 4) is 11.5 Å². The Morgan fingerprint density at radius 3 is 2.70 bits per heavy atom. The minimum atomic E-state index is -0.208. The first-order chi connectivity index (χ1) is 12.9. The van der Waals surface area contributed by atoms with Crippen molar-refractivity contribution in [1.82, 2.24) is 4.98 Å². The quantitative estimate of drug-likeness (QED) is 0.562. The van der Waals surface area contributed by atoms with Crippen LogP contribution in [-0.4, -0.2) is 16.1 Å². The molecule has 3 aromatic rings. The van der Waals surface area contributed by atoms with Gasteiger partial charge in [-0.2, -0.15) is 0 Å². The van der Waals surface area contributed by atoms with E-state index in [1.165, 1.54) is 11.8 Å². The number of thioether (sulfide) groups is 1. The van der Waals surface area contributed by atoms with Crippen LogP contribution in [0.1, 0.15) is 23.7 Å². The van der Waals surface area contributed by atoms with Crippen molar-refractivity contribution < 1.29 is 9.21 Å². The topological polar surface area (TPSA) is 55.1 Å². The van der Waals surface area contributed by atoms with Gasteiger partial charge in [0.25, 0.3) is 0 Å². The van der Waals surface area contributed by atoms with Crippen LogP contribution in [0.25, 0.3) is 11.5 Å². The van der Waals surface area contributed by atoms with Gasteiger partial charge in [0.05, 0.1) is 10.9 Å². The fourth-order valence-corrected chi connectivity index (χ4v) is 3.38. The normalized spacial score (nSPS) is 12.0. The lowest BCUT2D eigenvalue weighted by Gasteiger charge is -2.13. The predicted octanol–water partition coefficient (Wildman–Crippen LogP) is 5.87. The Balaban J connectivity index is 1.57. The number of nitrogens with one attached hydrogen (secondary N) is 1. The molecule has 0 aliphatic heterocycles. The molecule has 0 saturated heterocycles. The molecule has 27 heavy (non-hydrogen) atoms. The average Bonchev–Trinajstić information content (AvgIpc) is 3.12. The zero-order chi connectivity index (χ0) is 19.4. The van der Waals surface area contributed by atoms with Crippen LogP contribution in [0.3, 0.4) is 0 Å². The molecule has 140 valence electrons. The summed E-state index contributed by atoms with van der Waals surface area (Å²) < 4.78 is 5.54. The molecule has 0 saturated carbocycles. The van der Waals surface area contributed by atoms with Gasteiger partial charge in [0, 0.05) is 22.0 Å². The van der Waals surface area contributed by atoms with Crippen molar-refractivity contribution in [3.05, 3.63) is 70.6 Å². The van der Waals surface area contributed by atoms with E-state index in [1.807, 2.05) is 51.1 Å². The third-order valence-electron chi connectivity index (χ3n) is 4.14. The molecule has 4 nitrogen and oxygen atoms in total. The van der Waals surface area contributed by atoms with E-state index in [4.69, 9.17) is 16.0 Å². The lowest BCUT2D eigenvalue weighted by molar-refractivity contribution is -0.115. The molecule has 6 heteroatoms. The summed E-state index contributed by atoms with van der Waals surface area (Å²) in [5.74, 6) is 1.13. The number of carbonyl (C=O) groups excluding carboxylic acids is 1. The summed E-state index contributed by atoms with van der Waals surface area (Å²) in [6, 6.07) is 13.4. The van der Waals surface area contributed by atoms with E-state index in [9.17, 15) is 4.79 Å². The Bertz CT molecular complexity index is 938. The molecule has 1 atom stereocenters. The molecule has 0 fully saturated rings. The molecule has 3 rings (SSSR count). The van der Waals surface area contributed by atoms with Gasteiger partial charge in [-0.1, -0.05) is 23.7 Å². The summed E-state index contributed by atoms with van der Waals surface area (Å²) >= 11 is 7.42. The Morgan fingerprint density at radius 1 is 1.22 bits per heavy atom. The molecule has 1 heterocycles. The van der Waals surface area contributed by atoms with Crippen LogP contribution >= 0.6 is 23.4 Å². The molecule has 1 N–H and O–H groups in total. The Hall–Kier alpha value is -2.24. The smallest absolute Gasteiger partial charge is 0.237 e. The largest absolute Gasteiger partial charge is 0.444 e. The summed E-state index contributed by atoms with van der Waals surface area (Å²) in [6.45, 7) is 5.89. The van der Waals surface area contributed by atoms with Gasteiger partial charge >= 0.3 is 0 Å². The molecule has 0 spiro atoms. The van der Waals surface area contributed by atoms with Crippen molar-refractivity contribution in [3.63, 3.8) is 0 Å². The summed E-state index contributed by atoms with van der Waals surface area (Å²) in [4.78, 5) is 17.0. The highest BCUT2D eigenvalue weighted by molar-refractivity contribution is 7.99. The molecule has 0 radical (unpaired) electrons. The van der Waals surface area contributed by atoms with Crippen LogP contribution in [-0.2, 0) is 10.5 Å². The lowest BCUT2D eigenvalue weighted by atomic mass is 10.1. The SMILES string of the molecule is Cc1ccc(C)c(NC(=O)C(C)SCc2coc(-c3ccc(Cl)cc3)n2)c1. The van der Waals surface area contributed by atoms with E-state index in [1.54, 1.807) is 18.4 Å². The van der Waals surface area contributed by atoms with Gasteiger partial charge in [-0.3, -0.25) is 4.79 Å². The number of nitrogens with zero attached hydrogens (tertiary/aromatic N) is 1. The zero-order valence-corrected chi connectivity index (χ0v) is 17.0. The number of benzene rings is 2. The fourth-order valence-electron chi connectivity index (χ4n) is 2.49. The van der Waals surface area contributed by atoms with E-state index >= 15 is 0 Å². The molecule has 1 unspecified atom stereocenters. The molecule has 0 bridgehead atoms. The maximum atomic E-state index is 12.5. The molecule has 1 aromatic heterocycles. The molecule has 0 aliphatic carbocycles. The van der Waals surface area contributed by atoms with Crippen LogP contribution in [0.4, 0.5) is 5.69 Å². The predicted molar refractivity (Wildman–Crippen MR) is 112 cm³/mol. The summed E-state index contributed by atoms with van der Waals surface area (Å²) in [5, 5.41) is 3.47. The van der Waals surface area contributed by atoms with Crippen LogP contribution in [0, 0.1) is 13.8 Å². The lowest BCUT2D eigenvalue weighted by Crippen LogP contribution is -2.23. The number of halogens is 1. The Labute approximate surface area is 168 Å². The summed E-state index contributed by atoms with van der Waals surface area (Å²) in [5.41, 5.74) is 4.70. The van der Waals surface area contributed by atoms with Gasteiger partial charge in [-0.15, -0.1) is 11.8 Å². The van der Waals surface area contributed by atoms with Gasteiger partial charge in [-0.05, 0) is 62.2 Å². The number of rotatable bonds is 6. The standard InChI is InChI=1S/C21H21ClN2O2S/c1-13-4-5-14(2)19(10-13)24-20(25)15(3)27-12-18-11-26-21(23-18)16-6-8-17(22)9-7-16/h4-11,15H,12H2,1-3H3,(H,24,25). The average molecular weight is 401 g/mol. The van der Waals surface area contributed by atoms with Crippen molar-refractivity contribution in [2.45, 2.75) is 31.8 Å². The minimum absolute atomic E-state index is 0.0184. The first kappa shape index (κ1) is 19.5. The maximum absolute atomic E-state index is 12.5. The number of oxazole rings is 1. The second kappa shape index (κ2) is 8.63. The maximum Gasteiger partial charge on any atom is 0.237 e. The number of hydrogen-bond donors (Lipinski definition) is 1. The van der Waals surface area contributed by atoms with Crippen molar-refractivity contribution in [1.29, 1.82) is 0 Å². The van der Waals surface area contributed by atoms with Crippen LogP contribution in [0.5, 0.6) is 0 Å². The monoisotopic (exact) mass is 400 g/mol. The van der Waals surface area contributed by atoms with Crippen LogP contribution in [0.2, 0.25) is 5.02 Å². The first-order valence-corrected chi connectivity index (χ1v) is 10.0. The number of aryl methyl sites for hydroxylation is 2. The number of anilines is 1. The van der Waals surface area contributed by atoms with E-state index in [0.29, 0.717) is 16.7 Å². The third kappa shape index (κ3) is 5.15. The Kier molecular flexibility index (Phi) is 6.24. The zero-order valence-electron chi connectivity index (χ0n) is 15.5. The van der Waals surface area contributed by atoms with Gasteiger partial charge in [-0.25, -0.2) is 4.98 Å². The highest BCUT2D eigenvalue weighted by atomic mass is 35.5. The molecule has 2 aromatic carbocycles. The van der Waals surface area contributed by atoms with Crippen molar-refractivity contribution in [2.24, 2.45) is 0 Å². The van der Waals surface area contributed by atoms with E-state index < -0.39 is 0 Å². The van der Waals surface area contributed by atoms with Crippen LogP contribution in [0.15, 0.2) is 53.1 Å². The molecule has 1 amide bonds. The van der Waals surface area contributed by atoms with E-state index in [-0.39, 0.29) is 11.2 Å². The minimum Gasteiger partial charge on any atom is -0.444 e. The highest BCUT2D eigenvalue weighted by Gasteiger charge is 2.16.